The summed E-state index contributed by atoms with van der Waals surface area (Å²) in [6.07, 6.45) is 0.952. The first kappa shape index (κ1) is 12.2. The summed E-state index contributed by atoms with van der Waals surface area (Å²) < 4.78 is 0. The number of aliphatic hydroxyl groups excluding tert-OH is 2. The van der Waals surface area contributed by atoms with Gasteiger partial charge < -0.3 is 15.5 Å². The van der Waals surface area contributed by atoms with Crippen LogP contribution in [0.15, 0.2) is 30.3 Å². The van der Waals surface area contributed by atoms with Crippen LogP contribution in [0.3, 0.4) is 0 Å². The molecule has 1 unspecified atom stereocenters. The first-order valence-electron chi connectivity index (χ1n) is 5.36. The maximum absolute atomic E-state index is 9.48. The van der Waals surface area contributed by atoms with Gasteiger partial charge in [-0.1, -0.05) is 30.3 Å². The predicted octanol–water partition coefficient (Wildman–Crippen LogP) is 0.910. The maximum Gasteiger partial charge on any atom is 0.0665 e. The molecular formula is C12H19NO2. The molecule has 3 nitrogen and oxygen atoms in total. The van der Waals surface area contributed by atoms with E-state index in [0.29, 0.717) is 19.4 Å². The highest BCUT2D eigenvalue weighted by molar-refractivity contribution is 5.14. The van der Waals surface area contributed by atoms with E-state index in [4.69, 9.17) is 5.11 Å². The van der Waals surface area contributed by atoms with Crippen molar-refractivity contribution < 1.29 is 10.2 Å². The topological polar surface area (TPSA) is 52.5 Å². The number of hydrogen-bond donors (Lipinski definition) is 3. The van der Waals surface area contributed by atoms with Crippen molar-refractivity contribution in [2.45, 2.75) is 25.5 Å². The Morgan fingerprint density at radius 3 is 2.60 bits per heavy atom. The molecule has 0 saturated carbocycles. The Morgan fingerprint density at radius 2 is 1.93 bits per heavy atom. The van der Waals surface area contributed by atoms with E-state index in [9.17, 15) is 5.11 Å². The van der Waals surface area contributed by atoms with E-state index >= 15 is 0 Å². The van der Waals surface area contributed by atoms with Gasteiger partial charge in [-0.25, -0.2) is 0 Å². The molecule has 84 valence electrons. The van der Waals surface area contributed by atoms with Gasteiger partial charge in [0, 0.05) is 19.7 Å². The summed E-state index contributed by atoms with van der Waals surface area (Å²) in [7, 11) is 0. The van der Waals surface area contributed by atoms with Crippen molar-refractivity contribution in [1.29, 1.82) is 0 Å². The van der Waals surface area contributed by atoms with Crippen LogP contribution in [0.1, 0.15) is 18.4 Å². The summed E-state index contributed by atoms with van der Waals surface area (Å²) in [4.78, 5) is 0. The lowest BCUT2D eigenvalue weighted by atomic mass is 10.2. The Hall–Kier alpha value is -0.900. The average molecular weight is 209 g/mol. The standard InChI is InChI=1S/C12H19NO2/c14-8-4-7-12(15)10-13-9-11-5-2-1-3-6-11/h1-3,5-6,12-15H,4,7-10H2. The number of benzene rings is 1. The molecule has 3 N–H and O–H groups in total. The number of aliphatic hydroxyl groups is 2. The Kier molecular flexibility index (Phi) is 6.00. The monoisotopic (exact) mass is 209 g/mol. The lowest BCUT2D eigenvalue weighted by Gasteiger charge is -2.10. The van der Waals surface area contributed by atoms with Gasteiger partial charge in [-0.15, -0.1) is 0 Å². The summed E-state index contributed by atoms with van der Waals surface area (Å²) in [5, 5.41) is 21.3. The van der Waals surface area contributed by atoms with Crippen molar-refractivity contribution in [2.75, 3.05) is 13.2 Å². The molecule has 3 heteroatoms. The van der Waals surface area contributed by atoms with Gasteiger partial charge in [-0.05, 0) is 18.4 Å². The van der Waals surface area contributed by atoms with Gasteiger partial charge in [0.15, 0.2) is 0 Å². The molecular weight excluding hydrogens is 190 g/mol. The fourth-order valence-electron chi connectivity index (χ4n) is 1.41. The van der Waals surface area contributed by atoms with Gasteiger partial charge >= 0.3 is 0 Å². The third-order valence-corrected chi connectivity index (χ3v) is 2.25. The van der Waals surface area contributed by atoms with Gasteiger partial charge in [0.2, 0.25) is 0 Å². The molecule has 1 aromatic rings. The van der Waals surface area contributed by atoms with Crippen molar-refractivity contribution in [2.24, 2.45) is 0 Å². The lowest BCUT2D eigenvalue weighted by Crippen LogP contribution is -2.26. The van der Waals surface area contributed by atoms with Crippen LogP contribution in [-0.4, -0.2) is 29.5 Å². The average Bonchev–Trinajstić information content (AvgIpc) is 2.28. The zero-order chi connectivity index (χ0) is 10.9. The predicted molar refractivity (Wildman–Crippen MR) is 60.5 cm³/mol. The molecule has 15 heavy (non-hydrogen) atoms. The maximum atomic E-state index is 9.48. The van der Waals surface area contributed by atoms with E-state index in [-0.39, 0.29) is 12.7 Å². The van der Waals surface area contributed by atoms with E-state index in [1.807, 2.05) is 30.3 Å². The van der Waals surface area contributed by atoms with Gasteiger partial charge in [-0.3, -0.25) is 0 Å². The highest BCUT2D eigenvalue weighted by atomic mass is 16.3. The molecule has 0 aliphatic carbocycles. The molecule has 0 heterocycles. The smallest absolute Gasteiger partial charge is 0.0665 e. The highest BCUT2D eigenvalue weighted by Gasteiger charge is 2.02. The third kappa shape index (κ3) is 5.52. The minimum absolute atomic E-state index is 0.149. The van der Waals surface area contributed by atoms with Crippen LogP contribution in [0.5, 0.6) is 0 Å². The van der Waals surface area contributed by atoms with Crippen LogP contribution in [0, 0.1) is 0 Å². The van der Waals surface area contributed by atoms with E-state index in [2.05, 4.69) is 5.32 Å². The molecule has 0 radical (unpaired) electrons. The van der Waals surface area contributed by atoms with Gasteiger partial charge in [0.05, 0.1) is 6.10 Å². The minimum atomic E-state index is -0.360. The van der Waals surface area contributed by atoms with Crippen molar-refractivity contribution in [1.82, 2.24) is 5.32 Å². The second-order valence-electron chi connectivity index (χ2n) is 3.64. The Labute approximate surface area is 90.8 Å². The molecule has 0 aliphatic heterocycles. The van der Waals surface area contributed by atoms with Crippen molar-refractivity contribution in [3.05, 3.63) is 35.9 Å². The van der Waals surface area contributed by atoms with Crippen LogP contribution in [-0.2, 0) is 6.54 Å². The largest absolute Gasteiger partial charge is 0.396 e. The number of rotatable bonds is 7. The third-order valence-electron chi connectivity index (χ3n) is 2.25. The molecule has 1 rings (SSSR count). The van der Waals surface area contributed by atoms with Crippen LogP contribution in [0.2, 0.25) is 0 Å². The minimum Gasteiger partial charge on any atom is -0.396 e. The lowest BCUT2D eigenvalue weighted by molar-refractivity contribution is 0.147. The van der Waals surface area contributed by atoms with E-state index in [1.54, 1.807) is 0 Å². The van der Waals surface area contributed by atoms with Crippen LogP contribution in [0.25, 0.3) is 0 Å². The van der Waals surface area contributed by atoms with E-state index < -0.39 is 0 Å². The van der Waals surface area contributed by atoms with Crippen LogP contribution < -0.4 is 5.32 Å². The van der Waals surface area contributed by atoms with Crippen molar-refractivity contribution >= 4 is 0 Å². The quantitative estimate of drug-likeness (QED) is 0.625. The molecule has 0 spiro atoms. The molecule has 0 aromatic heterocycles. The normalized spacial score (nSPS) is 12.7. The zero-order valence-corrected chi connectivity index (χ0v) is 8.89. The van der Waals surface area contributed by atoms with Gasteiger partial charge in [0.1, 0.15) is 0 Å². The van der Waals surface area contributed by atoms with Crippen LogP contribution in [0.4, 0.5) is 0 Å². The Balaban J connectivity index is 2.11. The van der Waals surface area contributed by atoms with Crippen molar-refractivity contribution in [3.63, 3.8) is 0 Å². The first-order valence-corrected chi connectivity index (χ1v) is 5.36. The highest BCUT2D eigenvalue weighted by Crippen LogP contribution is 1.98. The van der Waals surface area contributed by atoms with E-state index in [0.717, 1.165) is 6.54 Å². The zero-order valence-electron chi connectivity index (χ0n) is 8.89. The summed E-state index contributed by atoms with van der Waals surface area (Å²) in [5.74, 6) is 0. The van der Waals surface area contributed by atoms with Crippen molar-refractivity contribution in [3.8, 4) is 0 Å². The fourth-order valence-corrected chi connectivity index (χ4v) is 1.41. The summed E-state index contributed by atoms with van der Waals surface area (Å²) in [6, 6.07) is 10.1. The SMILES string of the molecule is OCCCC(O)CNCc1ccccc1. The Bertz CT molecular complexity index is 251. The van der Waals surface area contributed by atoms with Crippen LogP contribution >= 0.6 is 0 Å². The van der Waals surface area contributed by atoms with Gasteiger partial charge in [0.25, 0.3) is 0 Å². The molecule has 0 aliphatic rings. The first-order chi connectivity index (χ1) is 7.33. The second-order valence-corrected chi connectivity index (χ2v) is 3.64. The molecule has 0 saturated heterocycles. The summed E-state index contributed by atoms with van der Waals surface area (Å²) >= 11 is 0. The molecule has 1 aromatic carbocycles. The number of nitrogens with one attached hydrogen (secondary N) is 1. The van der Waals surface area contributed by atoms with E-state index in [1.165, 1.54) is 5.56 Å². The molecule has 0 bridgehead atoms. The summed E-state index contributed by atoms with van der Waals surface area (Å²) in [5.41, 5.74) is 1.21. The molecule has 0 amide bonds. The second kappa shape index (κ2) is 7.40. The molecule has 0 fully saturated rings. The molecule has 1 atom stereocenters. The Morgan fingerprint density at radius 1 is 1.20 bits per heavy atom. The summed E-state index contributed by atoms with van der Waals surface area (Å²) in [6.45, 7) is 1.50. The van der Waals surface area contributed by atoms with Gasteiger partial charge in [-0.2, -0.15) is 0 Å². The fraction of sp³-hybridized carbons (Fsp3) is 0.500. The number of hydrogen-bond acceptors (Lipinski definition) is 3.